The van der Waals surface area contributed by atoms with Gasteiger partial charge in [0.2, 0.25) is 0 Å². The van der Waals surface area contributed by atoms with Crippen LogP contribution in [0.1, 0.15) is 26.1 Å². The second-order valence-electron chi connectivity index (χ2n) is 4.43. The minimum absolute atomic E-state index is 0.703. The molecule has 4 nitrogen and oxygen atoms in total. The first-order valence-corrected chi connectivity index (χ1v) is 5.72. The maximum Gasteiger partial charge on any atom is 0.179 e. The molecule has 0 spiro atoms. The van der Waals surface area contributed by atoms with Gasteiger partial charge in [-0.25, -0.2) is 9.97 Å². The van der Waals surface area contributed by atoms with E-state index in [4.69, 9.17) is 0 Å². The number of hydrogen-bond acceptors (Lipinski definition) is 3. The van der Waals surface area contributed by atoms with Crippen LogP contribution in [0, 0.1) is 5.92 Å². The molecule has 0 aliphatic carbocycles. The first-order chi connectivity index (χ1) is 7.69. The Morgan fingerprint density at radius 3 is 2.81 bits per heavy atom. The van der Waals surface area contributed by atoms with Gasteiger partial charge in [-0.15, -0.1) is 0 Å². The van der Waals surface area contributed by atoms with E-state index >= 15 is 0 Å². The number of fused-ring (bicyclic) bond motifs is 1. The molecule has 4 heteroatoms. The van der Waals surface area contributed by atoms with Crippen LogP contribution < -0.4 is 5.32 Å². The lowest BCUT2D eigenvalue weighted by atomic mass is 10.1. The predicted molar refractivity (Wildman–Crippen MR) is 66.6 cm³/mol. The number of anilines is 1. The first kappa shape index (κ1) is 10.9. The summed E-state index contributed by atoms with van der Waals surface area (Å²) in [6, 6.07) is 3.97. The van der Waals surface area contributed by atoms with Crippen LogP contribution in [-0.2, 0) is 6.42 Å². The molecule has 0 aliphatic heterocycles. The van der Waals surface area contributed by atoms with Gasteiger partial charge in [0.15, 0.2) is 5.65 Å². The van der Waals surface area contributed by atoms with E-state index in [9.17, 15) is 0 Å². The maximum atomic E-state index is 4.49. The van der Waals surface area contributed by atoms with Crippen LogP contribution in [0.5, 0.6) is 0 Å². The number of nitrogens with zero attached hydrogens (tertiary/aromatic N) is 2. The molecule has 0 radical (unpaired) electrons. The third-order valence-electron chi connectivity index (χ3n) is 2.61. The van der Waals surface area contributed by atoms with Gasteiger partial charge in [-0.1, -0.05) is 13.8 Å². The number of hydrogen-bond donors (Lipinski definition) is 2. The molecule has 16 heavy (non-hydrogen) atoms. The van der Waals surface area contributed by atoms with Gasteiger partial charge in [0.1, 0.15) is 11.6 Å². The number of imidazole rings is 1. The average molecular weight is 218 g/mol. The number of rotatable bonds is 4. The van der Waals surface area contributed by atoms with Crippen molar-refractivity contribution in [1.29, 1.82) is 0 Å². The third-order valence-corrected chi connectivity index (χ3v) is 2.61. The summed E-state index contributed by atoms with van der Waals surface area (Å²) < 4.78 is 0. The normalized spacial score (nSPS) is 11.2. The molecule has 86 valence electrons. The third kappa shape index (κ3) is 2.32. The van der Waals surface area contributed by atoms with Crippen LogP contribution in [0.3, 0.4) is 0 Å². The van der Waals surface area contributed by atoms with E-state index in [1.807, 2.05) is 19.2 Å². The van der Waals surface area contributed by atoms with E-state index in [0.717, 1.165) is 35.6 Å². The minimum atomic E-state index is 0.703. The molecule has 2 aromatic heterocycles. The molecule has 0 saturated heterocycles. The summed E-state index contributed by atoms with van der Waals surface area (Å²) in [6.07, 6.45) is 2.14. The van der Waals surface area contributed by atoms with Crippen molar-refractivity contribution in [3.05, 3.63) is 18.0 Å². The van der Waals surface area contributed by atoms with Gasteiger partial charge >= 0.3 is 0 Å². The Kier molecular flexibility index (Phi) is 3.08. The zero-order valence-corrected chi connectivity index (χ0v) is 10.0. The van der Waals surface area contributed by atoms with E-state index < -0.39 is 0 Å². The highest BCUT2D eigenvalue weighted by Crippen LogP contribution is 2.14. The van der Waals surface area contributed by atoms with Crippen molar-refractivity contribution in [3.8, 4) is 0 Å². The second-order valence-corrected chi connectivity index (χ2v) is 4.43. The summed E-state index contributed by atoms with van der Waals surface area (Å²) in [6.45, 7) is 4.44. The number of aromatic nitrogens is 3. The lowest BCUT2D eigenvalue weighted by Crippen LogP contribution is -1.93. The fourth-order valence-electron chi connectivity index (χ4n) is 1.63. The smallest absolute Gasteiger partial charge is 0.179 e. The Morgan fingerprint density at radius 2 is 2.12 bits per heavy atom. The van der Waals surface area contributed by atoms with Crippen molar-refractivity contribution in [2.45, 2.75) is 26.7 Å². The highest BCUT2D eigenvalue weighted by Gasteiger charge is 2.05. The molecule has 0 amide bonds. The molecule has 2 rings (SSSR count). The monoisotopic (exact) mass is 218 g/mol. The molecule has 0 aromatic carbocycles. The Labute approximate surface area is 95.5 Å². The summed E-state index contributed by atoms with van der Waals surface area (Å²) in [5.41, 5.74) is 1.81. The van der Waals surface area contributed by atoms with Gasteiger partial charge in [0, 0.05) is 13.5 Å². The zero-order valence-electron chi connectivity index (χ0n) is 10.0. The van der Waals surface area contributed by atoms with Gasteiger partial charge in [-0.05, 0) is 24.5 Å². The molecule has 0 unspecified atom stereocenters. The first-order valence-electron chi connectivity index (χ1n) is 5.72. The largest absolute Gasteiger partial charge is 0.373 e. The lowest BCUT2D eigenvalue weighted by molar-refractivity contribution is 0.577. The summed E-state index contributed by atoms with van der Waals surface area (Å²) in [4.78, 5) is 12.2. The summed E-state index contributed by atoms with van der Waals surface area (Å²) >= 11 is 0. The van der Waals surface area contributed by atoms with Gasteiger partial charge in [0.25, 0.3) is 0 Å². The van der Waals surface area contributed by atoms with Crippen molar-refractivity contribution in [3.63, 3.8) is 0 Å². The van der Waals surface area contributed by atoms with E-state index in [1.54, 1.807) is 0 Å². The molecular formula is C12H18N4. The van der Waals surface area contributed by atoms with Gasteiger partial charge in [-0.3, -0.25) is 0 Å². The van der Waals surface area contributed by atoms with Crippen LogP contribution in [0.2, 0.25) is 0 Å². The summed E-state index contributed by atoms with van der Waals surface area (Å²) in [7, 11) is 1.86. The highest BCUT2D eigenvalue weighted by molar-refractivity contribution is 5.72. The van der Waals surface area contributed by atoms with Crippen molar-refractivity contribution in [2.75, 3.05) is 12.4 Å². The minimum Gasteiger partial charge on any atom is -0.373 e. The summed E-state index contributed by atoms with van der Waals surface area (Å²) in [5, 5.41) is 3.01. The van der Waals surface area contributed by atoms with Crippen molar-refractivity contribution in [2.24, 2.45) is 5.92 Å². The standard InChI is InChI=1S/C12H18N4/c1-8(2)4-6-11-14-9-5-7-10(13-3)15-12(9)16-11/h5,7-8H,4,6H2,1-3H3,(H2,13,14,15,16). The van der Waals surface area contributed by atoms with Crippen molar-refractivity contribution < 1.29 is 0 Å². The van der Waals surface area contributed by atoms with Crippen LogP contribution >= 0.6 is 0 Å². The molecule has 0 atom stereocenters. The van der Waals surface area contributed by atoms with Gasteiger partial charge in [-0.2, -0.15) is 0 Å². The van der Waals surface area contributed by atoms with Crippen molar-refractivity contribution in [1.82, 2.24) is 15.0 Å². The van der Waals surface area contributed by atoms with E-state index in [-0.39, 0.29) is 0 Å². The molecule has 0 fully saturated rings. The quantitative estimate of drug-likeness (QED) is 0.829. The van der Waals surface area contributed by atoms with Crippen LogP contribution in [-0.4, -0.2) is 22.0 Å². The molecule has 0 saturated carbocycles. The number of pyridine rings is 1. The Bertz CT molecular complexity index is 473. The Hall–Kier alpha value is -1.58. The van der Waals surface area contributed by atoms with Crippen LogP contribution in [0.25, 0.3) is 11.2 Å². The molecule has 0 bridgehead atoms. The van der Waals surface area contributed by atoms with Gasteiger partial charge < -0.3 is 10.3 Å². The molecule has 2 heterocycles. The van der Waals surface area contributed by atoms with Gasteiger partial charge in [0.05, 0.1) is 5.52 Å². The molecule has 2 aromatic rings. The van der Waals surface area contributed by atoms with E-state index in [1.165, 1.54) is 0 Å². The second kappa shape index (κ2) is 4.51. The maximum absolute atomic E-state index is 4.49. The Morgan fingerprint density at radius 1 is 1.31 bits per heavy atom. The number of H-pyrrole nitrogens is 1. The van der Waals surface area contributed by atoms with E-state index in [0.29, 0.717) is 5.92 Å². The Balaban J connectivity index is 2.22. The number of aromatic amines is 1. The lowest BCUT2D eigenvalue weighted by Gasteiger charge is -2.00. The summed E-state index contributed by atoms with van der Waals surface area (Å²) in [5.74, 6) is 2.59. The average Bonchev–Trinajstić information content (AvgIpc) is 2.67. The number of aryl methyl sites for hydroxylation is 1. The number of nitrogens with one attached hydrogen (secondary N) is 2. The zero-order chi connectivity index (χ0) is 11.5. The molecular weight excluding hydrogens is 200 g/mol. The van der Waals surface area contributed by atoms with Crippen LogP contribution in [0.15, 0.2) is 12.1 Å². The fourth-order valence-corrected chi connectivity index (χ4v) is 1.63. The molecule has 0 aliphatic rings. The van der Waals surface area contributed by atoms with E-state index in [2.05, 4.69) is 34.1 Å². The van der Waals surface area contributed by atoms with Crippen LogP contribution in [0.4, 0.5) is 5.82 Å². The fraction of sp³-hybridized carbons (Fsp3) is 0.500. The molecule has 2 N–H and O–H groups in total. The van der Waals surface area contributed by atoms with Crippen molar-refractivity contribution >= 4 is 17.0 Å². The predicted octanol–water partition coefficient (Wildman–Crippen LogP) is 2.59. The SMILES string of the molecule is CNc1ccc2[nH]c(CCC(C)C)nc2n1. The topological polar surface area (TPSA) is 53.6 Å². The highest BCUT2D eigenvalue weighted by atomic mass is 15.0.